The van der Waals surface area contributed by atoms with Crippen LogP contribution in [-0.4, -0.2) is 66.9 Å². The molecule has 112 valence electrons. The molecule has 20 heavy (non-hydrogen) atoms. The minimum absolute atomic E-state index is 0.0600. The number of rotatable bonds is 3. The van der Waals surface area contributed by atoms with Crippen molar-refractivity contribution in [2.24, 2.45) is 0 Å². The number of carboxylic acid groups (broad SMARTS) is 1. The van der Waals surface area contributed by atoms with Crippen LogP contribution in [0.2, 0.25) is 0 Å². The summed E-state index contributed by atoms with van der Waals surface area (Å²) < 4.78 is 26.8. The third-order valence-electron chi connectivity index (χ3n) is 3.64. The summed E-state index contributed by atoms with van der Waals surface area (Å²) in [5.74, 6) is -1.15. The molecular formula is C12H19N3O4S. The molecule has 0 saturated carbocycles. The summed E-state index contributed by atoms with van der Waals surface area (Å²) >= 11 is 0. The van der Waals surface area contributed by atoms with Gasteiger partial charge in [-0.25, -0.2) is 13.2 Å². The Hall–Kier alpha value is -1.38. The zero-order chi connectivity index (χ0) is 15.1. The van der Waals surface area contributed by atoms with Gasteiger partial charge < -0.3 is 15.0 Å². The summed E-state index contributed by atoms with van der Waals surface area (Å²) in [6.07, 6.45) is 0. The number of aromatic nitrogens is 1. The molecule has 7 nitrogen and oxygen atoms in total. The lowest BCUT2D eigenvalue weighted by Crippen LogP contribution is -2.47. The quantitative estimate of drug-likeness (QED) is 0.835. The Morgan fingerprint density at radius 1 is 1.20 bits per heavy atom. The Morgan fingerprint density at radius 2 is 1.75 bits per heavy atom. The molecule has 2 rings (SSSR count). The van der Waals surface area contributed by atoms with Gasteiger partial charge in [0.2, 0.25) is 10.0 Å². The lowest BCUT2D eigenvalue weighted by molar-refractivity contribution is 0.0690. The van der Waals surface area contributed by atoms with E-state index in [1.807, 2.05) is 7.05 Å². The summed E-state index contributed by atoms with van der Waals surface area (Å²) in [5.41, 5.74) is 0.586. The van der Waals surface area contributed by atoms with Crippen LogP contribution >= 0.6 is 0 Å². The van der Waals surface area contributed by atoms with Crippen LogP contribution in [0.1, 0.15) is 21.7 Å². The maximum Gasteiger partial charge on any atom is 0.352 e. The summed E-state index contributed by atoms with van der Waals surface area (Å²) in [6, 6.07) is 0. The van der Waals surface area contributed by atoms with Crippen LogP contribution in [0, 0.1) is 13.8 Å². The zero-order valence-electron chi connectivity index (χ0n) is 11.8. The largest absolute Gasteiger partial charge is 0.477 e. The first-order valence-corrected chi connectivity index (χ1v) is 7.80. The van der Waals surface area contributed by atoms with Crippen molar-refractivity contribution < 1.29 is 18.3 Å². The van der Waals surface area contributed by atoms with Gasteiger partial charge in [0.15, 0.2) is 0 Å². The smallest absolute Gasteiger partial charge is 0.352 e. The van der Waals surface area contributed by atoms with Crippen molar-refractivity contribution in [3.05, 3.63) is 17.0 Å². The molecule has 1 aliphatic heterocycles. The van der Waals surface area contributed by atoms with E-state index in [2.05, 4.69) is 9.88 Å². The number of sulfonamides is 1. The molecule has 2 heterocycles. The van der Waals surface area contributed by atoms with E-state index in [0.717, 1.165) is 0 Å². The molecule has 0 aromatic carbocycles. The van der Waals surface area contributed by atoms with Crippen LogP contribution in [0.25, 0.3) is 0 Å². The summed E-state index contributed by atoms with van der Waals surface area (Å²) in [5, 5.41) is 9.07. The van der Waals surface area contributed by atoms with Gasteiger partial charge in [-0.3, -0.25) is 0 Å². The number of aromatic amines is 1. The zero-order valence-corrected chi connectivity index (χ0v) is 12.6. The molecule has 0 unspecified atom stereocenters. The third kappa shape index (κ3) is 2.46. The van der Waals surface area contributed by atoms with E-state index < -0.39 is 16.0 Å². The summed E-state index contributed by atoms with van der Waals surface area (Å²) in [4.78, 5) is 15.9. The number of carboxylic acids is 1. The monoisotopic (exact) mass is 301 g/mol. The molecule has 0 spiro atoms. The van der Waals surface area contributed by atoms with Crippen molar-refractivity contribution >= 4 is 16.0 Å². The normalized spacial score (nSPS) is 18.4. The van der Waals surface area contributed by atoms with Crippen LogP contribution in [0.15, 0.2) is 4.90 Å². The van der Waals surface area contributed by atoms with Crippen LogP contribution in [0.5, 0.6) is 0 Å². The Bertz CT molecular complexity index is 627. The standard InChI is InChI=1S/C12H19N3O4S/c1-8-10(12(16)17)13-9(2)11(8)20(18,19)15-6-4-14(3)5-7-15/h13H,4-7H2,1-3H3,(H,16,17). The molecule has 8 heteroatoms. The van der Waals surface area contributed by atoms with E-state index in [9.17, 15) is 13.2 Å². The van der Waals surface area contributed by atoms with Crippen molar-refractivity contribution in [2.75, 3.05) is 33.2 Å². The summed E-state index contributed by atoms with van der Waals surface area (Å²) in [7, 11) is -1.70. The number of nitrogens with one attached hydrogen (secondary N) is 1. The molecule has 0 radical (unpaired) electrons. The second-order valence-corrected chi connectivity index (χ2v) is 6.97. The summed E-state index contributed by atoms with van der Waals surface area (Å²) in [6.45, 7) is 5.30. The number of nitrogens with zero attached hydrogens (tertiary/aromatic N) is 2. The molecule has 1 fully saturated rings. The maximum absolute atomic E-state index is 12.7. The molecule has 0 bridgehead atoms. The van der Waals surface area contributed by atoms with Gasteiger partial charge in [0.25, 0.3) is 0 Å². The molecule has 1 aliphatic rings. The van der Waals surface area contributed by atoms with Gasteiger partial charge >= 0.3 is 5.97 Å². The average Bonchev–Trinajstić information content (AvgIpc) is 2.66. The van der Waals surface area contributed by atoms with E-state index in [-0.39, 0.29) is 16.2 Å². The van der Waals surface area contributed by atoms with Crippen molar-refractivity contribution in [1.29, 1.82) is 0 Å². The van der Waals surface area contributed by atoms with E-state index in [1.165, 1.54) is 11.2 Å². The van der Waals surface area contributed by atoms with Crippen molar-refractivity contribution in [2.45, 2.75) is 18.7 Å². The second kappa shape index (κ2) is 5.19. The van der Waals surface area contributed by atoms with Gasteiger partial charge in [0, 0.05) is 37.4 Å². The maximum atomic E-state index is 12.7. The molecule has 1 aromatic heterocycles. The van der Waals surface area contributed by atoms with Crippen molar-refractivity contribution in [3.8, 4) is 0 Å². The lowest BCUT2D eigenvalue weighted by atomic mass is 10.2. The van der Waals surface area contributed by atoms with E-state index >= 15 is 0 Å². The lowest BCUT2D eigenvalue weighted by Gasteiger charge is -2.31. The fraction of sp³-hybridized carbons (Fsp3) is 0.583. The number of likely N-dealkylation sites (N-methyl/N-ethyl adjacent to an activating group) is 1. The van der Waals surface area contributed by atoms with E-state index in [4.69, 9.17) is 5.11 Å². The second-order valence-electron chi connectivity index (χ2n) is 5.09. The van der Waals surface area contributed by atoms with Gasteiger partial charge in [0.05, 0.1) is 0 Å². The highest BCUT2D eigenvalue weighted by Gasteiger charge is 2.33. The molecule has 1 aromatic rings. The average molecular weight is 301 g/mol. The van der Waals surface area contributed by atoms with Gasteiger partial charge in [-0.15, -0.1) is 0 Å². The molecule has 1 saturated heterocycles. The first kappa shape index (κ1) is 15.0. The van der Waals surface area contributed by atoms with Crippen LogP contribution in [0.3, 0.4) is 0 Å². The van der Waals surface area contributed by atoms with E-state index in [1.54, 1.807) is 6.92 Å². The van der Waals surface area contributed by atoms with Crippen molar-refractivity contribution in [3.63, 3.8) is 0 Å². The van der Waals surface area contributed by atoms with Crippen molar-refractivity contribution in [1.82, 2.24) is 14.2 Å². The molecule has 0 aliphatic carbocycles. The molecule has 0 atom stereocenters. The van der Waals surface area contributed by atoms with Crippen LogP contribution in [0.4, 0.5) is 0 Å². The first-order chi connectivity index (χ1) is 9.25. The fourth-order valence-corrected chi connectivity index (χ4v) is 4.32. The van der Waals surface area contributed by atoms with Gasteiger partial charge in [-0.1, -0.05) is 0 Å². The van der Waals surface area contributed by atoms with Gasteiger partial charge in [-0.05, 0) is 20.9 Å². The highest BCUT2D eigenvalue weighted by Crippen LogP contribution is 2.27. The Balaban J connectivity index is 2.42. The number of carbonyl (C=O) groups is 1. The molecule has 0 amide bonds. The van der Waals surface area contributed by atoms with Gasteiger partial charge in [0.1, 0.15) is 10.6 Å². The van der Waals surface area contributed by atoms with Gasteiger partial charge in [-0.2, -0.15) is 4.31 Å². The van der Waals surface area contributed by atoms with E-state index in [0.29, 0.717) is 31.9 Å². The highest BCUT2D eigenvalue weighted by atomic mass is 32.2. The third-order valence-corrected chi connectivity index (χ3v) is 5.82. The Labute approximate surface area is 118 Å². The minimum Gasteiger partial charge on any atom is -0.477 e. The van der Waals surface area contributed by atoms with Crippen LogP contribution in [-0.2, 0) is 10.0 Å². The van der Waals surface area contributed by atoms with Crippen LogP contribution < -0.4 is 0 Å². The number of aryl methyl sites for hydroxylation is 1. The number of hydrogen-bond donors (Lipinski definition) is 2. The first-order valence-electron chi connectivity index (χ1n) is 6.36. The number of H-pyrrole nitrogens is 1. The SMILES string of the molecule is Cc1[nH]c(C(=O)O)c(C)c1S(=O)(=O)N1CCN(C)CC1. The fourth-order valence-electron chi connectivity index (χ4n) is 2.49. The Kier molecular flexibility index (Phi) is 3.90. The Morgan fingerprint density at radius 3 is 2.20 bits per heavy atom. The molecule has 2 N–H and O–H groups in total. The number of piperazine rings is 1. The predicted molar refractivity (Wildman–Crippen MR) is 73.5 cm³/mol. The predicted octanol–water partition coefficient (Wildman–Crippen LogP) is 0.266. The minimum atomic E-state index is -3.65. The topological polar surface area (TPSA) is 93.7 Å². The molecular weight excluding hydrogens is 282 g/mol. The highest BCUT2D eigenvalue weighted by molar-refractivity contribution is 7.89. The number of hydrogen-bond acceptors (Lipinski definition) is 4. The number of aromatic carboxylic acids is 1.